The van der Waals surface area contributed by atoms with Crippen LogP contribution in [0.25, 0.3) is 10.9 Å². The maximum atomic E-state index is 13.1. The number of likely N-dealkylation sites (tertiary alicyclic amines) is 1. The zero-order valence-corrected chi connectivity index (χ0v) is 16.7. The summed E-state index contributed by atoms with van der Waals surface area (Å²) < 4.78 is 11.3. The third kappa shape index (κ3) is 3.17. The highest BCUT2D eigenvalue weighted by atomic mass is 16.5. The van der Waals surface area contributed by atoms with Crippen molar-refractivity contribution >= 4 is 16.8 Å². The normalized spacial score (nSPS) is 14.1. The fourth-order valence-corrected chi connectivity index (χ4v) is 3.58. The Kier molecular flexibility index (Phi) is 4.67. The van der Waals surface area contributed by atoms with Gasteiger partial charge in [0.1, 0.15) is 6.10 Å². The van der Waals surface area contributed by atoms with Crippen LogP contribution in [0.5, 0.6) is 11.5 Å². The lowest BCUT2D eigenvalue weighted by Gasteiger charge is -2.39. The van der Waals surface area contributed by atoms with Crippen LogP contribution in [-0.4, -0.2) is 42.1 Å². The van der Waals surface area contributed by atoms with Gasteiger partial charge in [0.25, 0.3) is 5.91 Å². The highest BCUT2D eigenvalue weighted by Gasteiger charge is 2.34. The Hall–Kier alpha value is -3.08. The number of para-hydroxylation sites is 2. The van der Waals surface area contributed by atoms with Crippen molar-refractivity contribution in [3.63, 3.8) is 0 Å². The smallest absolute Gasteiger partial charge is 0.254 e. The van der Waals surface area contributed by atoms with Crippen LogP contribution in [0.15, 0.2) is 42.5 Å². The summed E-state index contributed by atoms with van der Waals surface area (Å²) >= 11 is 0. The summed E-state index contributed by atoms with van der Waals surface area (Å²) in [5, 5.41) is 0.910. The van der Waals surface area contributed by atoms with Crippen LogP contribution in [0.4, 0.5) is 0 Å². The number of aryl methyl sites for hydroxylation is 3. The molecule has 1 fully saturated rings. The number of rotatable bonds is 4. The summed E-state index contributed by atoms with van der Waals surface area (Å²) in [6, 6.07) is 13.5. The monoisotopic (exact) mass is 376 g/mol. The van der Waals surface area contributed by atoms with Crippen LogP contribution in [-0.2, 0) is 0 Å². The molecule has 3 aromatic rings. The number of methoxy groups -OCH3 is 1. The molecule has 144 valence electrons. The Morgan fingerprint density at radius 1 is 1.07 bits per heavy atom. The molecule has 5 heteroatoms. The minimum atomic E-state index is -0.0292. The van der Waals surface area contributed by atoms with Gasteiger partial charge in [0.15, 0.2) is 11.5 Å². The number of carbonyl (C=O) groups is 1. The molecule has 1 aliphatic rings. The molecule has 28 heavy (non-hydrogen) atoms. The van der Waals surface area contributed by atoms with Crippen molar-refractivity contribution in [1.82, 2.24) is 9.88 Å². The molecule has 0 N–H and O–H groups in total. The number of amides is 1. The summed E-state index contributed by atoms with van der Waals surface area (Å²) in [5.74, 6) is 1.44. The van der Waals surface area contributed by atoms with E-state index in [1.54, 1.807) is 7.11 Å². The van der Waals surface area contributed by atoms with Gasteiger partial charge in [0.2, 0.25) is 0 Å². The molecule has 1 amide bonds. The van der Waals surface area contributed by atoms with Crippen LogP contribution in [0, 0.1) is 20.8 Å². The minimum absolute atomic E-state index is 0.0265. The van der Waals surface area contributed by atoms with Gasteiger partial charge in [-0.2, -0.15) is 0 Å². The lowest BCUT2D eigenvalue weighted by molar-refractivity contribution is 0.0170. The van der Waals surface area contributed by atoms with E-state index in [1.165, 1.54) is 5.56 Å². The average Bonchev–Trinajstić information content (AvgIpc) is 2.66. The molecule has 1 aliphatic heterocycles. The summed E-state index contributed by atoms with van der Waals surface area (Å²) in [7, 11) is 1.62. The first-order valence-corrected chi connectivity index (χ1v) is 9.44. The second-order valence-corrected chi connectivity index (χ2v) is 7.32. The van der Waals surface area contributed by atoms with Gasteiger partial charge in [-0.3, -0.25) is 9.78 Å². The number of carbonyl (C=O) groups excluding carboxylic acids is 1. The fraction of sp³-hybridized carbons (Fsp3) is 0.304. The largest absolute Gasteiger partial charge is 0.493 e. The number of hydrogen-bond acceptors (Lipinski definition) is 4. The van der Waals surface area contributed by atoms with Gasteiger partial charge >= 0.3 is 0 Å². The number of ether oxygens (including phenoxy) is 2. The molecular formula is C23H24N2O3. The number of benzene rings is 2. The average molecular weight is 376 g/mol. The zero-order valence-electron chi connectivity index (χ0n) is 16.7. The first kappa shape index (κ1) is 18.3. The highest BCUT2D eigenvalue weighted by molar-refractivity contribution is 6.07. The molecule has 4 rings (SSSR count). The van der Waals surface area contributed by atoms with Crippen LogP contribution < -0.4 is 9.47 Å². The Balaban J connectivity index is 1.53. The van der Waals surface area contributed by atoms with Gasteiger partial charge in [-0.05, 0) is 50.1 Å². The summed E-state index contributed by atoms with van der Waals surface area (Å²) in [5.41, 5.74) is 4.77. The van der Waals surface area contributed by atoms with Crippen molar-refractivity contribution in [3.8, 4) is 11.5 Å². The van der Waals surface area contributed by atoms with E-state index in [1.807, 2.05) is 48.2 Å². The summed E-state index contributed by atoms with van der Waals surface area (Å²) in [4.78, 5) is 19.6. The number of nitrogens with zero attached hydrogens (tertiary/aromatic N) is 2. The van der Waals surface area contributed by atoms with Gasteiger partial charge in [-0.1, -0.05) is 24.3 Å². The molecule has 1 aromatic heterocycles. The third-order valence-corrected chi connectivity index (χ3v) is 5.36. The zero-order chi connectivity index (χ0) is 19.8. The van der Waals surface area contributed by atoms with Gasteiger partial charge in [-0.15, -0.1) is 0 Å². The van der Waals surface area contributed by atoms with Crippen molar-refractivity contribution in [2.24, 2.45) is 0 Å². The molecule has 1 saturated heterocycles. The maximum absolute atomic E-state index is 13.1. The van der Waals surface area contributed by atoms with Gasteiger partial charge < -0.3 is 14.4 Å². The molecule has 2 aromatic carbocycles. The SMILES string of the molecule is COc1ccccc1OC1CN(C(=O)c2cc(C)nc3c(C)c(C)ccc23)C1. The minimum Gasteiger partial charge on any atom is -0.493 e. The molecule has 0 spiro atoms. The first-order valence-electron chi connectivity index (χ1n) is 9.44. The molecule has 0 unspecified atom stereocenters. The number of fused-ring (bicyclic) bond motifs is 1. The Bertz CT molecular complexity index is 1060. The third-order valence-electron chi connectivity index (χ3n) is 5.36. The lowest BCUT2D eigenvalue weighted by atomic mass is 9.99. The van der Waals surface area contributed by atoms with E-state index in [-0.39, 0.29) is 12.0 Å². The number of pyridine rings is 1. The van der Waals surface area contributed by atoms with Gasteiger partial charge in [0.05, 0.1) is 31.3 Å². The second kappa shape index (κ2) is 7.15. The Morgan fingerprint density at radius 2 is 1.79 bits per heavy atom. The second-order valence-electron chi connectivity index (χ2n) is 7.32. The summed E-state index contributed by atoms with van der Waals surface area (Å²) in [6.45, 7) is 7.17. The quantitative estimate of drug-likeness (QED) is 0.689. The molecule has 5 nitrogen and oxygen atoms in total. The van der Waals surface area contributed by atoms with E-state index in [4.69, 9.17) is 9.47 Å². The van der Waals surface area contributed by atoms with Gasteiger partial charge in [0, 0.05) is 11.1 Å². The molecule has 2 heterocycles. The van der Waals surface area contributed by atoms with E-state index in [0.29, 0.717) is 30.2 Å². The molecule has 0 radical (unpaired) electrons. The molecule has 0 saturated carbocycles. The van der Waals surface area contributed by atoms with E-state index in [9.17, 15) is 4.79 Å². The molecular weight excluding hydrogens is 352 g/mol. The van der Waals surface area contributed by atoms with E-state index in [2.05, 4.69) is 24.9 Å². The predicted molar refractivity (Wildman–Crippen MR) is 109 cm³/mol. The topological polar surface area (TPSA) is 51.7 Å². The van der Waals surface area contributed by atoms with Crippen LogP contribution in [0.2, 0.25) is 0 Å². The predicted octanol–water partition coefficient (Wildman–Crippen LogP) is 4.07. The number of aromatic nitrogens is 1. The van der Waals surface area contributed by atoms with E-state index in [0.717, 1.165) is 22.2 Å². The molecule has 0 atom stereocenters. The van der Waals surface area contributed by atoms with E-state index < -0.39 is 0 Å². The number of hydrogen-bond donors (Lipinski definition) is 0. The van der Waals surface area contributed by atoms with E-state index >= 15 is 0 Å². The standard InChI is InChI=1S/C23H24N2O3/c1-14-9-10-18-19(11-15(2)24-22(18)16(14)3)23(26)25-12-17(13-25)28-21-8-6-5-7-20(21)27-4/h5-11,17H,12-13H2,1-4H3. The lowest BCUT2D eigenvalue weighted by Crippen LogP contribution is -2.56. The van der Waals surface area contributed by atoms with Crippen LogP contribution in [0.3, 0.4) is 0 Å². The highest BCUT2D eigenvalue weighted by Crippen LogP contribution is 2.30. The molecule has 0 aliphatic carbocycles. The summed E-state index contributed by atoms with van der Waals surface area (Å²) in [6.07, 6.45) is -0.0292. The fourth-order valence-electron chi connectivity index (χ4n) is 3.58. The molecule has 0 bridgehead atoms. The Morgan fingerprint density at radius 3 is 2.50 bits per heavy atom. The Labute approximate surface area is 164 Å². The first-order chi connectivity index (χ1) is 13.5. The maximum Gasteiger partial charge on any atom is 0.254 e. The van der Waals surface area contributed by atoms with Crippen molar-refractivity contribution in [2.45, 2.75) is 26.9 Å². The van der Waals surface area contributed by atoms with Gasteiger partial charge in [-0.25, -0.2) is 0 Å². The van der Waals surface area contributed by atoms with Crippen LogP contribution >= 0.6 is 0 Å². The van der Waals surface area contributed by atoms with Crippen LogP contribution in [0.1, 0.15) is 27.2 Å². The van der Waals surface area contributed by atoms with Crippen molar-refractivity contribution in [3.05, 3.63) is 64.8 Å². The van der Waals surface area contributed by atoms with Crippen molar-refractivity contribution in [1.29, 1.82) is 0 Å². The van der Waals surface area contributed by atoms with Crippen molar-refractivity contribution in [2.75, 3.05) is 20.2 Å². The van der Waals surface area contributed by atoms with Crippen molar-refractivity contribution < 1.29 is 14.3 Å².